The van der Waals surface area contributed by atoms with Crippen LogP contribution in [0.4, 0.5) is 0 Å². The van der Waals surface area contributed by atoms with Gasteiger partial charge in [-0.3, -0.25) is 4.79 Å². The highest BCUT2D eigenvalue weighted by Gasteiger charge is 2.20. The summed E-state index contributed by atoms with van der Waals surface area (Å²) < 4.78 is 10.8. The molecule has 0 fully saturated rings. The first-order valence-electron chi connectivity index (χ1n) is 5.73. The molecule has 19 heavy (non-hydrogen) atoms. The van der Waals surface area contributed by atoms with Gasteiger partial charge in [-0.1, -0.05) is 12.1 Å². The highest BCUT2D eigenvalue weighted by Crippen LogP contribution is 2.35. The molecule has 0 saturated carbocycles. The number of benzene rings is 1. The Labute approximate surface area is 115 Å². The van der Waals surface area contributed by atoms with Gasteiger partial charge in [-0.25, -0.2) is 0 Å². The predicted octanol–water partition coefficient (Wildman–Crippen LogP) is 2.02. The first-order chi connectivity index (χ1) is 9.15. The summed E-state index contributed by atoms with van der Waals surface area (Å²) in [7, 11) is 1.56. The first-order valence-corrected chi connectivity index (χ1v) is 6.55. The summed E-state index contributed by atoms with van der Waals surface area (Å²) in [4.78, 5) is 15.7. The molecule has 1 heterocycles. The van der Waals surface area contributed by atoms with Crippen LogP contribution in [0.5, 0.6) is 11.5 Å². The highest BCUT2D eigenvalue weighted by molar-refractivity contribution is 8.18. The summed E-state index contributed by atoms with van der Waals surface area (Å²) in [5.74, 6) is 0.908. The molecule has 0 unspecified atom stereocenters. The number of rotatable bonds is 4. The normalized spacial score (nSPS) is 16.6. The third-order valence-electron chi connectivity index (χ3n) is 2.44. The van der Waals surface area contributed by atoms with E-state index in [9.17, 15) is 4.79 Å². The van der Waals surface area contributed by atoms with Crippen molar-refractivity contribution in [3.8, 4) is 11.5 Å². The van der Waals surface area contributed by atoms with Crippen molar-refractivity contribution in [2.24, 2.45) is 10.7 Å². The Kier molecular flexibility index (Phi) is 4.11. The van der Waals surface area contributed by atoms with E-state index in [0.29, 0.717) is 23.0 Å². The zero-order valence-electron chi connectivity index (χ0n) is 10.7. The average Bonchev–Trinajstić information content (AvgIpc) is 2.69. The van der Waals surface area contributed by atoms with Gasteiger partial charge in [0.05, 0.1) is 18.6 Å². The third kappa shape index (κ3) is 2.90. The molecule has 6 heteroatoms. The van der Waals surface area contributed by atoms with E-state index in [1.807, 2.05) is 25.1 Å². The van der Waals surface area contributed by atoms with Crippen LogP contribution in [0.15, 0.2) is 28.1 Å². The second kappa shape index (κ2) is 5.79. The van der Waals surface area contributed by atoms with Crippen LogP contribution < -0.4 is 15.2 Å². The molecule has 5 nitrogen and oxygen atoms in total. The Hall–Kier alpha value is -1.95. The molecule has 0 aromatic heterocycles. The Morgan fingerprint density at radius 1 is 1.47 bits per heavy atom. The van der Waals surface area contributed by atoms with E-state index in [4.69, 9.17) is 15.2 Å². The van der Waals surface area contributed by atoms with E-state index < -0.39 is 0 Å². The fourth-order valence-electron chi connectivity index (χ4n) is 1.70. The number of hydrogen-bond donors (Lipinski definition) is 1. The van der Waals surface area contributed by atoms with E-state index in [1.165, 1.54) is 0 Å². The molecule has 0 spiro atoms. The molecule has 100 valence electrons. The summed E-state index contributed by atoms with van der Waals surface area (Å²) in [6, 6.07) is 5.50. The van der Waals surface area contributed by atoms with Crippen molar-refractivity contribution in [3.05, 3.63) is 28.7 Å². The number of amides is 1. The molecule has 2 N–H and O–H groups in total. The molecule has 1 amide bonds. The Morgan fingerprint density at radius 3 is 2.84 bits per heavy atom. The van der Waals surface area contributed by atoms with E-state index in [-0.39, 0.29) is 11.1 Å². The molecule has 1 aromatic carbocycles. The van der Waals surface area contributed by atoms with Gasteiger partial charge in [0.1, 0.15) is 0 Å². The van der Waals surface area contributed by atoms with Gasteiger partial charge in [0.2, 0.25) is 0 Å². The maximum atomic E-state index is 11.6. The van der Waals surface area contributed by atoms with E-state index >= 15 is 0 Å². The number of thioether (sulfide) groups is 1. The zero-order chi connectivity index (χ0) is 13.8. The molecule has 0 aliphatic carbocycles. The van der Waals surface area contributed by atoms with Gasteiger partial charge in [-0.2, -0.15) is 4.99 Å². The Morgan fingerprint density at radius 2 is 2.26 bits per heavy atom. The number of para-hydroxylation sites is 1. The fraction of sp³-hybridized carbons (Fsp3) is 0.231. The van der Waals surface area contributed by atoms with E-state index in [0.717, 1.165) is 17.3 Å². The minimum atomic E-state index is -0.327. The maximum absolute atomic E-state index is 11.6. The van der Waals surface area contributed by atoms with Gasteiger partial charge >= 0.3 is 0 Å². The molecule has 0 atom stereocenters. The number of methoxy groups -OCH3 is 1. The molecular weight excluding hydrogens is 264 g/mol. The second-order valence-corrected chi connectivity index (χ2v) is 4.74. The number of carbonyl (C=O) groups is 1. The van der Waals surface area contributed by atoms with Gasteiger partial charge in [0.15, 0.2) is 16.7 Å². The maximum Gasteiger partial charge on any atom is 0.286 e. The van der Waals surface area contributed by atoms with Gasteiger partial charge < -0.3 is 15.2 Å². The topological polar surface area (TPSA) is 73.9 Å². The SMILES string of the molecule is CCOc1cccc(C=C2SC(N)=NC2=O)c1OC. The minimum Gasteiger partial charge on any atom is -0.492 e. The summed E-state index contributed by atoms with van der Waals surface area (Å²) in [6.07, 6.45) is 1.71. The Bertz CT molecular complexity index is 567. The van der Waals surface area contributed by atoms with Gasteiger partial charge in [0.25, 0.3) is 5.91 Å². The summed E-state index contributed by atoms with van der Waals surface area (Å²) in [5.41, 5.74) is 6.27. The number of nitrogens with zero attached hydrogens (tertiary/aromatic N) is 1. The molecule has 1 aliphatic heterocycles. The van der Waals surface area contributed by atoms with Crippen LogP contribution in [-0.2, 0) is 4.79 Å². The van der Waals surface area contributed by atoms with Crippen LogP contribution in [-0.4, -0.2) is 24.8 Å². The van der Waals surface area contributed by atoms with E-state index in [2.05, 4.69) is 4.99 Å². The van der Waals surface area contributed by atoms with Crippen molar-refractivity contribution >= 4 is 28.9 Å². The quantitative estimate of drug-likeness (QED) is 0.853. The first kappa shape index (κ1) is 13.5. The fourth-order valence-corrected chi connectivity index (χ4v) is 2.37. The lowest BCUT2D eigenvalue weighted by Crippen LogP contribution is -2.01. The van der Waals surface area contributed by atoms with Crippen LogP contribution >= 0.6 is 11.8 Å². The number of aliphatic imine (C=N–C) groups is 1. The average molecular weight is 278 g/mol. The molecule has 1 aliphatic rings. The third-order valence-corrected chi connectivity index (χ3v) is 3.25. The van der Waals surface area contributed by atoms with Crippen LogP contribution in [0.2, 0.25) is 0 Å². The Balaban J connectivity index is 2.38. The van der Waals surface area contributed by atoms with Gasteiger partial charge in [0, 0.05) is 5.56 Å². The summed E-state index contributed by atoms with van der Waals surface area (Å²) in [5, 5.41) is 0.260. The van der Waals surface area contributed by atoms with Gasteiger partial charge in [-0.15, -0.1) is 0 Å². The van der Waals surface area contributed by atoms with Crippen molar-refractivity contribution in [2.75, 3.05) is 13.7 Å². The monoisotopic (exact) mass is 278 g/mol. The number of ether oxygens (including phenoxy) is 2. The van der Waals surface area contributed by atoms with Crippen molar-refractivity contribution < 1.29 is 14.3 Å². The van der Waals surface area contributed by atoms with Crippen molar-refractivity contribution in [2.45, 2.75) is 6.92 Å². The van der Waals surface area contributed by atoms with Crippen LogP contribution in [0.3, 0.4) is 0 Å². The highest BCUT2D eigenvalue weighted by atomic mass is 32.2. The summed E-state index contributed by atoms with van der Waals surface area (Å²) in [6.45, 7) is 2.44. The van der Waals surface area contributed by atoms with Gasteiger partial charge in [-0.05, 0) is 30.8 Å². The number of carbonyl (C=O) groups excluding carboxylic acids is 1. The largest absolute Gasteiger partial charge is 0.492 e. The number of amidine groups is 1. The van der Waals surface area contributed by atoms with Crippen molar-refractivity contribution in [1.29, 1.82) is 0 Å². The lowest BCUT2D eigenvalue weighted by atomic mass is 10.1. The molecule has 0 saturated heterocycles. The molecule has 0 radical (unpaired) electrons. The molecule has 2 rings (SSSR count). The number of nitrogens with two attached hydrogens (primary N) is 1. The van der Waals surface area contributed by atoms with Crippen LogP contribution in [0.1, 0.15) is 12.5 Å². The summed E-state index contributed by atoms with van der Waals surface area (Å²) >= 11 is 1.15. The second-order valence-electron chi connectivity index (χ2n) is 3.68. The molecule has 0 bridgehead atoms. The van der Waals surface area contributed by atoms with Crippen LogP contribution in [0.25, 0.3) is 6.08 Å². The molecule has 1 aromatic rings. The number of hydrogen-bond acceptors (Lipinski definition) is 5. The van der Waals surface area contributed by atoms with Crippen LogP contribution in [0, 0.1) is 0 Å². The van der Waals surface area contributed by atoms with Crippen molar-refractivity contribution in [3.63, 3.8) is 0 Å². The zero-order valence-corrected chi connectivity index (χ0v) is 11.5. The lowest BCUT2D eigenvalue weighted by molar-refractivity contribution is -0.113. The van der Waals surface area contributed by atoms with Crippen molar-refractivity contribution in [1.82, 2.24) is 0 Å². The lowest BCUT2D eigenvalue weighted by Gasteiger charge is -2.11. The molecular formula is C13H14N2O3S. The predicted molar refractivity (Wildman–Crippen MR) is 76.4 cm³/mol. The minimum absolute atomic E-state index is 0.260. The smallest absolute Gasteiger partial charge is 0.286 e. The van der Waals surface area contributed by atoms with E-state index in [1.54, 1.807) is 13.2 Å². The standard InChI is InChI=1S/C13H14N2O3S/c1-3-18-9-6-4-5-8(11(9)17-2)7-10-12(16)15-13(14)19-10/h4-7H,3H2,1-2H3,(H2,14,15,16).